The van der Waals surface area contributed by atoms with Crippen LogP contribution in [0.5, 0.6) is 17.2 Å². The van der Waals surface area contributed by atoms with Crippen molar-refractivity contribution in [3.05, 3.63) is 47.5 Å². The van der Waals surface area contributed by atoms with E-state index in [1.165, 1.54) is 25.3 Å². The maximum Gasteiger partial charge on any atom is 0.387 e. The topological polar surface area (TPSA) is 56.8 Å². The van der Waals surface area contributed by atoms with Gasteiger partial charge in [0.05, 0.1) is 7.11 Å². The number of amides is 1. The van der Waals surface area contributed by atoms with Gasteiger partial charge in [-0.05, 0) is 50.2 Å². The zero-order valence-electron chi connectivity index (χ0n) is 14.4. The smallest absolute Gasteiger partial charge is 0.387 e. The van der Waals surface area contributed by atoms with Crippen molar-refractivity contribution in [1.82, 2.24) is 0 Å². The molecule has 0 saturated carbocycles. The Labute approximate surface area is 154 Å². The molecule has 0 saturated heterocycles. The third kappa shape index (κ3) is 5.23. The van der Waals surface area contributed by atoms with Crippen molar-refractivity contribution >= 4 is 23.2 Å². The highest BCUT2D eigenvalue weighted by Gasteiger charge is 2.30. The number of benzene rings is 2. The fourth-order valence-corrected chi connectivity index (χ4v) is 2.19. The molecule has 0 spiro atoms. The minimum absolute atomic E-state index is 0.125. The van der Waals surface area contributed by atoms with Crippen LogP contribution in [0.3, 0.4) is 0 Å². The van der Waals surface area contributed by atoms with Crippen LogP contribution in [0.2, 0.25) is 5.02 Å². The molecule has 0 aliphatic rings. The summed E-state index contributed by atoms with van der Waals surface area (Å²) in [5.74, 6) is -0.0664. The molecule has 0 fully saturated rings. The normalized spacial score (nSPS) is 11.2. The highest BCUT2D eigenvalue weighted by Crippen LogP contribution is 2.32. The van der Waals surface area contributed by atoms with Crippen LogP contribution in [0.15, 0.2) is 42.5 Å². The number of alkyl halides is 2. The van der Waals surface area contributed by atoms with E-state index in [0.717, 1.165) is 0 Å². The Hall–Kier alpha value is -2.54. The number of rotatable bonds is 7. The minimum atomic E-state index is -3.01. The van der Waals surface area contributed by atoms with Gasteiger partial charge >= 0.3 is 6.61 Å². The molecule has 0 unspecified atom stereocenters. The number of ether oxygens (including phenoxy) is 3. The summed E-state index contributed by atoms with van der Waals surface area (Å²) in [6.45, 7) is 0.146. The number of carbonyl (C=O) groups excluding carboxylic acids is 1. The first kappa shape index (κ1) is 19.8. The first-order valence-corrected chi connectivity index (χ1v) is 7.98. The fraction of sp³-hybridized carbons (Fsp3) is 0.278. The van der Waals surface area contributed by atoms with Gasteiger partial charge in [0.25, 0.3) is 5.91 Å². The predicted octanol–water partition coefficient (Wildman–Crippen LogP) is 4.75. The summed E-state index contributed by atoms with van der Waals surface area (Å²) >= 11 is 5.82. The summed E-state index contributed by atoms with van der Waals surface area (Å²) in [5.41, 5.74) is -0.962. The fourth-order valence-electron chi connectivity index (χ4n) is 2.07. The van der Waals surface area contributed by atoms with Crippen LogP contribution in [0.4, 0.5) is 14.5 Å². The second kappa shape index (κ2) is 8.23. The summed E-state index contributed by atoms with van der Waals surface area (Å²) in [6, 6.07) is 10.7. The number of methoxy groups -OCH3 is 1. The van der Waals surface area contributed by atoms with Crippen molar-refractivity contribution in [2.24, 2.45) is 0 Å². The quantitative estimate of drug-likeness (QED) is 0.747. The molecular weight excluding hydrogens is 368 g/mol. The number of hydrogen-bond acceptors (Lipinski definition) is 4. The zero-order chi connectivity index (χ0) is 19.3. The van der Waals surface area contributed by atoms with Crippen molar-refractivity contribution in [1.29, 1.82) is 0 Å². The maximum atomic E-state index is 12.5. The van der Waals surface area contributed by atoms with Gasteiger partial charge in [0.15, 0.2) is 17.1 Å². The summed E-state index contributed by atoms with van der Waals surface area (Å²) in [6.07, 6.45) is 0. The first-order chi connectivity index (χ1) is 12.2. The van der Waals surface area contributed by atoms with Crippen LogP contribution in [-0.2, 0) is 4.79 Å². The van der Waals surface area contributed by atoms with Gasteiger partial charge in [-0.2, -0.15) is 8.78 Å². The molecule has 0 atom stereocenters. The third-order valence-corrected chi connectivity index (χ3v) is 3.62. The molecule has 0 bridgehead atoms. The van der Waals surface area contributed by atoms with Gasteiger partial charge in [-0.15, -0.1) is 0 Å². The van der Waals surface area contributed by atoms with E-state index < -0.39 is 18.1 Å². The van der Waals surface area contributed by atoms with E-state index >= 15 is 0 Å². The Morgan fingerprint density at radius 3 is 2.35 bits per heavy atom. The Morgan fingerprint density at radius 2 is 1.77 bits per heavy atom. The van der Waals surface area contributed by atoms with Gasteiger partial charge < -0.3 is 19.5 Å². The third-order valence-electron chi connectivity index (χ3n) is 3.37. The Bertz CT molecular complexity index is 766. The second-order valence-corrected chi connectivity index (χ2v) is 6.20. The molecule has 1 N–H and O–H groups in total. The van der Waals surface area contributed by atoms with Crippen LogP contribution in [-0.4, -0.2) is 25.2 Å². The van der Waals surface area contributed by atoms with E-state index in [1.54, 1.807) is 38.1 Å². The highest BCUT2D eigenvalue weighted by atomic mass is 35.5. The van der Waals surface area contributed by atoms with Crippen LogP contribution >= 0.6 is 11.6 Å². The summed E-state index contributed by atoms with van der Waals surface area (Å²) in [7, 11) is 1.33. The molecule has 2 aromatic carbocycles. The lowest BCUT2D eigenvalue weighted by atomic mass is 10.1. The molecule has 0 radical (unpaired) electrons. The van der Waals surface area contributed by atoms with Crippen LogP contribution < -0.4 is 19.5 Å². The first-order valence-electron chi connectivity index (χ1n) is 7.60. The van der Waals surface area contributed by atoms with Crippen molar-refractivity contribution in [3.8, 4) is 17.2 Å². The van der Waals surface area contributed by atoms with Gasteiger partial charge in [0.1, 0.15) is 5.75 Å². The molecule has 5 nitrogen and oxygen atoms in total. The lowest BCUT2D eigenvalue weighted by molar-refractivity contribution is -0.128. The van der Waals surface area contributed by atoms with E-state index in [0.29, 0.717) is 10.8 Å². The van der Waals surface area contributed by atoms with Crippen LogP contribution in [0, 0.1) is 0 Å². The zero-order valence-corrected chi connectivity index (χ0v) is 15.1. The van der Waals surface area contributed by atoms with Gasteiger partial charge in [-0.1, -0.05) is 11.6 Å². The Morgan fingerprint density at radius 1 is 1.12 bits per heavy atom. The minimum Gasteiger partial charge on any atom is -0.493 e. The van der Waals surface area contributed by atoms with Gasteiger partial charge in [-0.3, -0.25) is 4.79 Å². The van der Waals surface area contributed by atoms with Crippen molar-refractivity contribution < 1.29 is 27.8 Å². The molecule has 2 rings (SSSR count). The number of hydrogen-bond donors (Lipinski definition) is 1. The number of carbonyl (C=O) groups is 1. The molecule has 140 valence electrons. The molecule has 2 aromatic rings. The highest BCUT2D eigenvalue weighted by molar-refractivity contribution is 6.30. The van der Waals surface area contributed by atoms with E-state index in [2.05, 4.69) is 10.1 Å². The largest absolute Gasteiger partial charge is 0.493 e. The van der Waals surface area contributed by atoms with Gasteiger partial charge in [-0.25, -0.2) is 0 Å². The molecular formula is C18H18ClF2NO4. The van der Waals surface area contributed by atoms with Gasteiger partial charge in [0, 0.05) is 16.8 Å². The molecule has 0 aliphatic carbocycles. The summed E-state index contributed by atoms with van der Waals surface area (Å²) in [4.78, 5) is 12.5. The van der Waals surface area contributed by atoms with Crippen LogP contribution in [0.25, 0.3) is 0 Å². The van der Waals surface area contributed by atoms with Crippen molar-refractivity contribution in [3.63, 3.8) is 0 Å². The lowest BCUT2D eigenvalue weighted by Crippen LogP contribution is -2.42. The standard InChI is InChI=1S/C18H18ClF2NO4/c1-18(2,26-13-7-4-11(19)5-8-13)16(23)22-12-6-9-14(24-3)15(10-12)25-17(20)21/h4-10,17H,1-3H3,(H,22,23). The SMILES string of the molecule is COc1ccc(NC(=O)C(C)(C)Oc2ccc(Cl)cc2)cc1OC(F)F. The molecule has 0 aliphatic heterocycles. The van der Waals surface area contributed by atoms with E-state index in [1.807, 2.05) is 0 Å². The second-order valence-electron chi connectivity index (χ2n) is 5.76. The predicted molar refractivity (Wildman–Crippen MR) is 94.4 cm³/mol. The number of nitrogens with one attached hydrogen (secondary N) is 1. The van der Waals surface area contributed by atoms with Gasteiger partial charge in [0.2, 0.25) is 0 Å². The summed E-state index contributed by atoms with van der Waals surface area (Å²) < 4.78 is 40.0. The van der Waals surface area contributed by atoms with Crippen LogP contribution in [0.1, 0.15) is 13.8 Å². The van der Waals surface area contributed by atoms with Crippen molar-refractivity contribution in [2.45, 2.75) is 26.1 Å². The molecule has 1 amide bonds. The Balaban J connectivity index is 2.13. The molecule has 0 aromatic heterocycles. The van der Waals surface area contributed by atoms with E-state index in [-0.39, 0.29) is 17.2 Å². The maximum absolute atomic E-state index is 12.5. The lowest BCUT2D eigenvalue weighted by Gasteiger charge is -2.25. The monoisotopic (exact) mass is 385 g/mol. The molecule has 0 heterocycles. The molecule has 26 heavy (non-hydrogen) atoms. The van der Waals surface area contributed by atoms with Crippen molar-refractivity contribution in [2.75, 3.05) is 12.4 Å². The number of halogens is 3. The number of anilines is 1. The summed E-state index contributed by atoms with van der Waals surface area (Å²) in [5, 5.41) is 3.15. The Kier molecular flexibility index (Phi) is 6.26. The van der Waals surface area contributed by atoms with E-state index in [9.17, 15) is 13.6 Å². The average Bonchev–Trinajstić information content (AvgIpc) is 2.56. The van der Waals surface area contributed by atoms with E-state index in [4.69, 9.17) is 21.1 Å². The molecule has 8 heteroatoms. The average molecular weight is 386 g/mol.